The number of amides is 2. The van der Waals surface area contributed by atoms with Gasteiger partial charge in [0.2, 0.25) is 11.8 Å². The zero-order valence-electron chi connectivity index (χ0n) is 23.2. The number of aliphatic hydroxyl groups is 1. The maximum Gasteiger partial charge on any atom is 0.416 e. The van der Waals surface area contributed by atoms with Crippen molar-refractivity contribution in [1.29, 1.82) is 0 Å². The highest BCUT2D eigenvalue weighted by Crippen LogP contribution is 2.45. The Hall–Kier alpha value is -3.22. The van der Waals surface area contributed by atoms with Gasteiger partial charge >= 0.3 is 6.18 Å². The molecule has 1 saturated carbocycles. The molecule has 4 N–H and O–H groups in total. The molecule has 1 aliphatic carbocycles. The maximum atomic E-state index is 13.2. The second kappa shape index (κ2) is 12.7. The summed E-state index contributed by atoms with van der Waals surface area (Å²) in [6.45, 7) is 3.04. The third-order valence-corrected chi connectivity index (χ3v) is 8.03. The molecule has 41 heavy (non-hydrogen) atoms. The first-order chi connectivity index (χ1) is 19.5. The monoisotopic (exact) mass is 578 g/mol. The van der Waals surface area contributed by atoms with Crippen LogP contribution in [0.15, 0.2) is 42.5 Å². The quantitative estimate of drug-likeness (QED) is 0.342. The molecule has 1 saturated heterocycles. The summed E-state index contributed by atoms with van der Waals surface area (Å²) >= 11 is 0. The van der Waals surface area contributed by atoms with Gasteiger partial charge in [-0.2, -0.15) is 13.2 Å². The molecule has 12 heteroatoms. The summed E-state index contributed by atoms with van der Waals surface area (Å²) in [6, 6.07) is 9.33. The van der Waals surface area contributed by atoms with Crippen LogP contribution in [0.1, 0.15) is 60.6 Å². The molecule has 2 heterocycles. The highest BCUT2D eigenvalue weighted by molar-refractivity contribution is 5.96. The normalized spacial score (nSPS) is 26.4. The molecule has 2 aromatic rings. The van der Waals surface area contributed by atoms with Gasteiger partial charge in [0.25, 0.3) is 5.91 Å². The lowest BCUT2D eigenvalue weighted by molar-refractivity contribution is -0.137. The number of hydrogen-bond donors (Lipinski definition) is 4. The van der Waals surface area contributed by atoms with E-state index in [-0.39, 0.29) is 17.6 Å². The van der Waals surface area contributed by atoms with E-state index in [4.69, 9.17) is 9.47 Å². The fraction of sp³-hybridized carbons (Fsp3) is 0.552. The first kappa shape index (κ1) is 30.7. The van der Waals surface area contributed by atoms with Gasteiger partial charge in [0.1, 0.15) is 5.60 Å². The van der Waals surface area contributed by atoms with E-state index in [2.05, 4.69) is 20.9 Å². The minimum Gasteiger partial charge on any atom is -0.481 e. The number of aromatic nitrogens is 1. The Morgan fingerprint density at radius 3 is 2.59 bits per heavy atom. The number of nitrogens with one attached hydrogen (secondary N) is 3. The second-order valence-electron chi connectivity index (χ2n) is 10.7. The van der Waals surface area contributed by atoms with Crippen molar-refractivity contribution in [2.45, 2.75) is 62.4 Å². The van der Waals surface area contributed by atoms with E-state index in [9.17, 15) is 27.9 Å². The fourth-order valence-electron chi connectivity index (χ4n) is 5.87. The Labute approximate surface area is 237 Å². The number of carbonyl (C=O) groups excluding carboxylic acids is 2. The molecule has 2 aliphatic rings. The SMILES string of the molecule is CCCO[C@H]1CNC[C@@]1(NC(=O)CNC(=O)c1cccc(C(F)(F)F)c1)C1CCC(O)(c2cccc(OC)n2)CC1. The largest absolute Gasteiger partial charge is 0.481 e. The van der Waals surface area contributed by atoms with Crippen LogP contribution in [0.3, 0.4) is 0 Å². The highest BCUT2D eigenvalue weighted by atomic mass is 19.4. The molecule has 2 fully saturated rings. The van der Waals surface area contributed by atoms with Gasteiger partial charge in [-0.3, -0.25) is 9.59 Å². The molecule has 1 aliphatic heterocycles. The molecule has 0 unspecified atom stereocenters. The number of methoxy groups -OCH3 is 1. The molecule has 2 atom stereocenters. The molecule has 1 aromatic heterocycles. The Kier molecular flexibility index (Phi) is 9.55. The maximum absolute atomic E-state index is 13.2. The lowest BCUT2D eigenvalue weighted by atomic mass is 9.68. The number of ether oxygens (including phenoxy) is 2. The van der Waals surface area contributed by atoms with Gasteiger partial charge in [-0.1, -0.05) is 19.1 Å². The van der Waals surface area contributed by atoms with Crippen LogP contribution in [-0.4, -0.2) is 66.9 Å². The standard InChI is InChI=1S/C29H37F3N4O5/c1-3-14-41-23-16-33-18-28(23,20-10-12-27(39,13-11-20)22-8-5-9-25(35-22)40-2)36-24(37)17-34-26(38)19-6-4-7-21(15-19)29(30,31)32/h4-9,15,20,23,33,39H,3,10-14,16-18H2,1-2H3,(H,34,38)(H,36,37)/t20?,23-,27?,28+/m0/s1. The van der Waals surface area contributed by atoms with Crippen molar-refractivity contribution < 1.29 is 37.3 Å². The van der Waals surface area contributed by atoms with E-state index in [1.54, 1.807) is 18.2 Å². The summed E-state index contributed by atoms with van der Waals surface area (Å²) in [4.78, 5) is 30.2. The number of halogens is 3. The molecular weight excluding hydrogens is 541 g/mol. The van der Waals surface area contributed by atoms with E-state index < -0.39 is 41.2 Å². The second-order valence-corrected chi connectivity index (χ2v) is 10.7. The van der Waals surface area contributed by atoms with Gasteiger partial charge in [-0.05, 0) is 62.3 Å². The molecule has 0 bridgehead atoms. The molecule has 9 nitrogen and oxygen atoms in total. The first-order valence-electron chi connectivity index (χ1n) is 13.8. The lowest BCUT2D eigenvalue weighted by Crippen LogP contribution is -2.64. The van der Waals surface area contributed by atoms with Gasteiger partial charge in [0.15, 0.2) is 0 Å². The van der Waals surface area contributed by atoms with Crippen LogP contribution < -0.4 is 20.7 Å². The number of pyridine rings is 1. The van der Waals surface area contributed by atoms with Crippen LogP contribution >= 0.6 is 0 Å². The van der Waals surface area contributed by atoms with E-state index in [0.717, 1.165) is 24.6 Å². The van der Waals surface area contributed by atoms with Gasteiger partial charge in [-0.15, -0.1) is 0 Å². The van der Waals surface area contributed by atoms with Crippen molar-refractivity contribution in [1.82, 2.24) is 20.9 Å². The lowest BCUT2D eigenvalue weighted by Gasteiger charge is -2.46. The Bertz CT molecular complexity index is 1220. The van der Waals surface area contributed by atoms with E-state index in [0.29, 0.717) is 57.0 Å². The summed E-state index contributed by atoms with van der Waals surface area (Å²) in [5, 5.41) is 20.3. The molecule has 0 radical (unpaired) electrons. The first-order valence-corrected chi connectivity index (χ1v) is 13.8. The smallest absolute Gasteiger partial charge is 0.416 e. The number of benzene rings is 1. The van der Waals surface area contributed by atoms with Crippen LogP contribution in [0, 0.1) is 5.92 Å². The van der Waals surface area contributed by atoms with Crippen LogP contribution in [0.4, 0.5) is 13.2 Å². The number of rotatable bonds is 10. The average molecular weight is 579 g/mol. The Morgan fingerprint density at radius 1 is 1.17 bits per heavy atom. The summed E-state index contributed by atoms with van der Waals surface area (Å²) < 4.78 is 50.6. The summed E-state index contributed by atoms with van der Waals surface area (Å²) in [5.41, 5.74) is -2.53. The van der Waals surface area contributed by atoms with Crippen LogP contribution in [0.5, 0.6) is 5.88 Å². The molecular formula is C29H37F3N4O5. The molecule has 2 amide bonds. The topological polar surface area (TPSA) is 122 Å². The average Bonchev–Trinajstić information content (AvgIpc) is 3.37. The number of carbonyl (C=O) groups is 2. The van der Waals surface area contributed by atoms with Crippen molar-refractivity contribution in [3.8, 4) is 5.88 Å². The minimum absolute atomic E-state index is 0.0478. The van der Waals surface area contributed by atoms with Gasteiger partial charge in [0.05, 0.1) is 36.6 Å². The fourth-order valence-corrected chi connectivity index (χ4v) is 5.87. The molecule has 224 valence electrons. The van der Waals surface area contributed by atoms with E-state index >= 15 is 0 Å². The zero-order chi connectivity index (χ0) is 29.7. The van der Waals surface area contributed by atoms with Crippen LogP contribution in [-0.2, 0) is 21.3 Å². The van der Waals surface area contributed by atoms with E-state index in [1.807, 2.05) is 6.92 Å². The van der Waals surface area contributed by atoms with Crippen molar-refractivity contribution in [3.05, 3.63) is 59.3 Å². The summed E-state index contributed by atoms with van der Waals surface area (Å²) in [6.07, 6.45) is -2.13. The van der Waals surface area contributed by atoms with Crippen molar-refractivity contribution in [2.24, 2.45) is 5.92 Å². The predicted octanol–water partition coefficient (Wildman–Crippen LogP) is 3.17. The van der Waals surface area contributed by atoms with Crippen LogP contribution in [0.2, 0.25) is 0 Å². The summed E-state index contributed by atoms with van der Waals surface area (Å²) in [5.74, 6) is -0.887. The highest BCUT2D eigenvalue weighted by Gasteiger charge is 2.53. The third kappa shape index (κ3) is 6.99. The zero-order valence-corrected chi connectivity index (χ0v) is 23.2. The van der Waals surface area contributed by atoms with Gasteiger partial charge in [-0.25, -0.2) is 4.98 Å². The van der Waals surface area contributed by atoms with E-state index in [1.165, 1.54) is 13.2 Å². The van der Waals surface area contributed by atoms with Gasteiger partial charge in [0, 0.05) is 31.3 Å². The van der Waals surface area contributed by atoms with Gasteiger partial charge < -0.3 is 30.5 Å². The molecule has 1 aromatic carbocycles. The number of alkyl halides is 3. The Morgan fingerprint density at radius 2 is 1.90 bits per heavy atom. The molecule has 0 spiro atoms. The van der Waals surface area contributed by atoms with Crippen LogP contribution in [0.25, 0.3) is 0 Å². The Balaban J connectivity index is 1.46. The van der Waals surface area contributed by atoms with Crippen molar-refractivity contribution in [2.75, 3.05) is 33.4 Å². The minimum atomic E-state index is -4.59. The summed E-state index contributed by atoms with van der Waals surface area (Å²) in [7, 11) is 1.52. The van der Waals surface area contributed by atoms with Crippen molar-refractivity contribution >= 4 is 11.8 Å². The number of nitrogens with zero attached hydrogens (tertiary/aromatic N) is 1. The predicted molar refractivity (Wildman–Crippen MR) is 144 cm³/mol. The third-order valence-electron chi connectivity index (χ3n) is 8.03. The molecule has 4 rings (SSSR count). The van der Waals surface area contributed by atoms with Crippen molar-refractivity contribution in [3.63, 3.8) is 0 Å². The number of hydrogen-bond acceptors (Lipinski definition) is 7.